The minimum Gasteiger partial charge on any atom is -0.300 e. The van der Waals surface area contributed by atoms with Crippen molar-refractivity contribution in [3.8, 4) is 0 Å². The quantitative estimate of drug-likeness (QED) is 0.688. The summed E-state index contributed by atoms with van der Waals surface area (Å²) in [5.74, 6) is 0.963. The third kappa shape index (κ3) is 2.35. The van der Waals surface area contributed by atoms with Gasteiger partial charge in [0.15, 0.2) is 0 Å². The lowest BCUT2D eigenvalue weighted by Gasteiger charge is -2.22. The molecule has 0 unspecified atom stereocenters. The van der Waals surface area contributed by atoms with Crippen LogP contribution in [0.1, 0.15) is 32.1 Å². The van der Waals surface area contributed by atoms with Crippen molar-refractivity contribution in [2.75, 3.05) is 19.8 Å². The molecule has 1 aliphatic heterocycles. The average molecular weight is 208 g/mol. The highest BCUT2D eigenvalue weighted by atomic mass is 35.5. The van der Waals surface area contributed by atoms with Crippen molar-refractivity contribution in [2.24, 2.45) is 5.92 Å². The van der Waals surface area contributed by atoms with Crippen LogP contribution in [0.3, 0.4) is 0 Å². The lowest BCUT2D eigenvalue weighted by molar-refractivity contribution is 0.230. The predicted molar refractivity (Wildman–Crippen MR) is 55.2 cm³/mol. The first kappa shape index (κ1) is 11.3. The van der Waals surface area contributed by atoms with Crippen molar-refractivity contribution in [2.45, 2.75) is 38.1 Å². The molecule has 0 radical (unpaired) electrons. The van der Waals surface area contributed by atoms with Gasteiger partial charge in [-0.15, -0.1) is 12.4 Å². The molecule has 1 heterocycles. The van der Waals surface area contributed by atoms with Gasteiger partial charge < -0.3 is 4.90 Å². The number of nitrogens with zero attached hydrogens (tertiary/aromatic N) is 1. The van der Waals surface area contributed by atoms with Crippen molar-refractivity contribution in [1.82, 2.24) is 4.90 Å². The first-order valence-electron chi connectivity index (χ1n) is 5.22. The summed E-state index contributed by atoms with van der Waals surface area (Å²) in [7, 11) is 0. The Morgan fingerprint density at radius 1 is 1.23 bits per heavy atom. The molecule has 3 heteroatoms. The van der Waals surface area contributed by atoms with Gasteiger partial charge in [-0.2, -0.15) is 0 Å². The van der Waals surface area contributed by atoms with Crippen LogP contribution in [0.4, 0.5) is 4.39 Å². The maximum atomic E-state index is 12.0. The van der Waals surface area contributed by atoms with Crippen LogP contribution < -0.4 is 0 Å². The van der Waals surface area contributed by atoms with Gasteiger partial charge >= 0.3 is 0 Å². The number of halogens is 2. The van der Waals surface area contributed by atoms with Crippen LogP contribution in [0.2, 0.25) is 0 Å². The molecule has 1 saturated heterocycles. The summed E-state index contributed by atoms with van der Waals surface area (Å²) in [5.41, 5.74) is 0. The molecule has 1 aliphatic carbocycles. The Labute approximate surface area is 86.1 Å². The average Bonchev–Trinajstić information content (AvgIpc) is 2.62. The Kier molecular flexibility index (Phi) is 4.47. The standard InChI is InChI=1S/C10H18FN.ClH/c11-6-2-7-12-8-5-9-3-1-4-10(9)12;/h9-10H,1-8H2;1H/t9-,10-;/m0./s1. The Balaban J connectivity index is 0.000000845. The minimum absolute atomic E-state index is 0. The molecule has 0 aromatic heterocycles. The van der Waals surface area contributed by atoms with Gasteiger partial charge in [-0.05, 0) is 38.1 Å². The summed E-state index contributed by atoms with van der Waals surface area (Å²) in [6, 6.07) is 0.830. The van der Waals surface area contributed by atoms with Gasteiger partial charge in [-0.3, -0.25) is 4.39 Å². The van der Waals surface area contributed by atoms with Crippen LogP contribution in [-0.2, 0) is 0 Å². The molecule has 0 N–H and O–H groups in total. The lowest BCUT2D eigenvalue weighted by atomic mass is 10.0. The van der Waals surface area contributed by atoms with Crippen LogP contribution in [0.15, 0.2) is 0 Å². The number of likely N-dealkylation sites (tertiary alicyclic amines) is 1. The van der Waals surface area contributed by atoms with Gasteiger partial charge in [0.05, 0.1) is 6.67 Å². The highest BCUT2D eigenvalue weighted by Crippen LogP contribution is 2.37. The molecule has 0 spiro atoms. The molecule has 0 amide bonds. The van der Waals surface area contributed by atoms with Gasteiger partial charge in [0, 0.05) is 12.6 Å². The van der Waals surface area contributed by atoms with Crippen LogP contribution in [-0.4, -0.2) is 30.7 Å². The third-order valence-electron chi connectivity index (χ3n) is 3.45. The van der Waals surface area contributed by atoms with Crippen LogP contribution in [0.5, 0.6) is 0 Å². The monoisotopic (exact) mass is 207 g/mol. The van der Waals surface area contributed by atoms with E-state index in [1.807, 2.05) is 0 Å². The molecule has 1 saturated carbocycles. The molecule has 2 fully saturated rings. The van der Waals surface area contributed by atoms with Gasteiger partial charge in [0.25, 0.3) is 0 Å². The molecule has 2 atom stereocenters. The van der Waals surface area contributed by atoms with Crippen molar-refractivity contribution >= 4 is 12.4 Å². The summed E-state index contributed by atoms with van der Waals surface area (Å²) in [6.45, 7) is 2.08. The summed E-state index contributed by atoms with van der Waals surface area (Å²) < 4.78 is 12.0. The zero-order chi connectivity index (χ0) is 8.39. The van der Waals surface area contributed by atoms with Crippen LogP contribution >= 0.6 is 12.4 Å². The second-order valence-electron chi connectivity index (χ2n) is 4.13. The Morgan fingerprint density at radius 2 is 2.08 bits per heavy atom. The fourth-order valence-corrected chi connectivity index (χ4v) is 2.87. The van der Waals surface area contributed by atoms with Gasteiger partial charge in [-0.25, -0.2) is 0 Å². The molecule has 78 valence electrons. The SMILES string of the molecule is Cl.FCCCN1CC[C@@H]2CCC[C@@H]21. The van der Waals surface area contributed by atoms with E-state index in [0.717, 1.165) is 24.9 Å². The Bertz CT molecular complexity index is 154. The predicted octanol–water partition coefficient (Wildman–Crippen LogP) is 2.64. The van der Waals surface area contributed by atoms with E-state index >= 15 is 0 Å². The minimum atomic E-state index is -0.145. The van der Waals surface area contributed by atoms with E-state index in [4.69, 9.17) is 0 Å². The van der Waals surface area contributed by atoms with Crippen LogP contribution in [0, 0.1) is 5.92 Å². The van der Waals surface area contributed by atoms with Gasteiger partial charge in [-0.1, -0.05) is 6.42 Å². The largest absolute Gasteiger partial charge is 0.300 e. The highest BCUT2D eigenvalue weighted by Gasteiger charge is 2.36. The maximum absolute atomic E-state index is 12.0. The fraction of sp³-hybridized carbons (Fsp3) is 1.00. The van der Waals surface area contributed by atoms with Gasteiger partial charge in [0.2, 0.25) is 0 Å². The van der Waals surface area contributed by atoms with Crippen LogP contribution in [0.25, 0.3) is 0 Å². The number of rotatable bonds is 3. The van der Waals surface area contributed by atoms with E-state index in [-0.39, 0.29) is 19.1 Å². The molecule has 0 aromatic carbocycles. The van der Waals surface area contributed by atoms with E-state index in [1.54, 1.807) is 0 Å². The second-order valence-corrected chi connectivity index (χ2v) is 4.13. The summed E-state index contributed by atoms with van der Waals surface area (Å²) in [4.78, 5) is 2.51. The Morgan fingerprint density at radius 3 is 2.85 bits per heavy atom. The number of hydrogen-bond acceptors (Lipinski definition) is 1. The molecular weight excluding hydrogens is 189 g/mol. The van der Waals surface area contributed by atoms with E-state index in [0.29, 0.717) is 0 Å². The molecule has 0 bridgehead atoms. The topological polar surface area (TPSA) is 3.24 Å². The fourth-order valence-electron chi connectivity index (χ4n) is 2.87. The lowest BCUT2D eigenvalue weighted by Crippen LogP contribution is -2.31. The normalized spacial score (nSPS) is 33.0. The molecule has 2 aliphatic rings. The number of fused-ring (bicyclic) bond motifs is 1. The summed E-state index contributed by atoms with van der Waals surface area (Å²) in [5, 5.41) is 0. The first-order valence-corrected chi connectivity index (χ1v) is 5.22. The highest BCUT2D eigenvalue weighted by molar-refractivity contribution is 5.85. The second kappa shape index (κ2) is 5.16. The zero-order valence-electron chi connectivity index (χ0n) is 8.04. The zero-order valence-corrected chi connectivity index (χ0v) is 8.86. The number of hydrogen-bond donors (Lipinski definition) is 0. The Hall–Kier alpha value is 0.180. The first-order chi connectivity index (χ1) is 5.92. The molecule has 0 aromatic rings. The number of alkyl halides is 1. The van der Waals surface area contributed by atoms with Crippen molar-refractivity contribution < 1.29 is 4.39 Å². The smallest absolute Gasteiger partial charge is 0.0906 e. The van der Waals surface area contributed by atoms with E-state index < -0.39 is 0 Å². The van der Waals surface area contributed by atoms with E-state index in [2.05, 4.69) is 4.90 Å². The molecule has 1 nitrogen and oxygen atoms in total. The third-order valence-corrected chi connectivity index (χ3v) is 3.45. The van der Waals surface area contributed by atoms with Crippen molar-refractivity contribution in [1.29, 1.82) is 0 Å². The summed E-state index contributed by atoms with van der Waals surface area (Å²) in [6.07, 6.45) is 6.31. The summed E-state index contributed by atoms with van der Waals surface area (Å²) >= 11 is 0. The van der Waals surface area contributed by atoms with Gasteiger partial charge in [0.1, 0.15) is 0 Å². The molecular formula is C10H19ClFN. The van der Waals surface area contributed by atoms with Crippen molar-refractivity contribution in [3.63, 3.8) is 0 Å². The van der Waals surface area contributed by atoms with E-state index in [1.165, 1.54) is 32.2 Å². The van der Waals surface area contributed by atoms with Crippen molar-refractivity contribution in [3.05, 3.63) is 0 Å². The van der Waals surface area contributed by atoms with E-state index in [9.17, 15) is 4.39 Å². The maximum Gasteiger partial charge on any atom is 0.0906 e. The molecule has 2 rings (SSSR count). The molecule has 13 heavy (non-hydrogen) atoms.